The molecule has 156 valence electrons. The smallest absolute Gasteiger partial charge is 0.309 e. The molecule has 0 saturated carbocycles. The quantitative estimate of drug-likeness (QED) is 0.593. The number of amides is 2. The van der Waals surface area contributed by atoms with Crippen molar-refractivity contribution < 1.29 is 14.3 Å². The number of carbonyl (C=O) groups is 2. The topological polar surface area (TPSA) is 70.7 Å². The normalized spacial score (nSPS) is 11.9. The van der Waals surface area contributed by atoms with Crippen LogP contribution in [0.5, 0.6) is 5.75 Å². The van der Waals surface area contributed by atoms with Crippen LogP contribution in [-0.4, -0.2) is 44.5 Å². The third-order valence-corrected chi connectivity index (χ3v) is 5.08. The number of nitrogens with zero attached hydrogens (tertiary/aromatic N) is 1. The number of ether oxygens (including phenoxy) is 1. The maximum Gasteiger partial charge on any atom is 0.309 e. The molecule has 0 aliphatic rings. The molecular weight excluding hydrogens is 378 g/mol. The molecule has 0 aliphatic heterocycles. The Morgan fingerprint density at radius 3 is 2.27 bits per heavy atom. The first-order valence-electron chi connectivity index (χ1n) is 9.82. The third-order valence-electron chi connectivity index (χ3n) is 5.08. The molecule has 0 unspecified atom stereocenters. The van der Waals surface area contributed by atoms with Crippen molar-refractivity contribution in [1.29, 1.82) is 0 Å². The lowest BCUT2D eigenvalue weighted by molar-refractivity contribution is -0.139. The maximum absolute atomic E-state index is 12.3. The number of methoxy groups -OCH3 is 1. The fraction of sp³-hybridized carbons (Fsp3) is 0.250. The molecular formula is C24H27N3O3. The Morgan fingerprint density at radius 1 is 0.900 bits per heavy atom. The molecule has 0 aliphatic carbocycles. The second kappa shape index (κ2) is 9.89. The summed E-state index contributed by atoms with van der Waals surface area (Å²) in [6.07, 6.45) is 0. The summed E-state index contributed by atoms with van der Waals surface area (Å²) in [4.78, 5) is 26.6. The van der Waals surface area contributed by atoms with Crippen molar-refractivity contribution in [2.45, 2.75) is 12.6 Å². The third kappa shape index (κ3) is 5.15. The predicted octanol–water partition coefficient (Wildman–Crippen LogP) is 2.88. The van der Waals surface area contributed by atoms with Gasteiger partial charge in [-0.1, -0.05) is 54.6 Å². The van der Waals surface area contributed by atoms with Gasteiger partial charge in [0, 0.05) is 13.1 Å². The van der Waals surface area contributed by atoms with Crippen LogP contribution >= 0.6 is 0 Å². The van der Waals surface area contributed by atoms with Crippen molar-refractivity contribution in [3.05, 3.63) is 77.9 Å². The Labute approximate surface area is 176 Å². The highest BCUT2D eigenvalue weighted by Gasteiger charge is 2.20. The number of carbonyl (C=O) groups excluding carboxylic acids is 2. The van der Waals surface area contributed by atoms with Crippen molar-refractivity contribution in [3.63, 3.8) is 0 Å². The van der Waals surface area contributed by atoms with Crippen LogP contribution in [0.2, 0.25) is 0 Å². The molecule has 0 heterocycles. The van der Waals surface area contributed by atoms with E-state index < -0.39 is 11.8 Å². The van der Waals surface area contributed by atoms with Gasteiger partial charge in [0.2, 0.25) is 0 Å². The van der Waals surface area contributed by atoms with E-state index in [0.717, 1.165) is 27.6 Å². The molecule has 6 nitrogen and oxygen atoms in total. The van der Waals surface area contributed by atoms with Gasteiger partial charge in [0.1, 0.15) is 5.75 Å². The van der Waals surface area contributed by atoms with E-state index in [-0.39, 0.29) is 12.6 Å². The monoisotopic (exact) mass is 405 g/mol. The SMILES string of the molecule is COc1ccc(CNC(=O)C(=O)NC[C@H](c2cccc3ccccc23)N(C)C)cc1. The van der Waals surface area contributed by atoms with Gasteiger partial charge < -0.3 is 20.3 Å². The summed E-state index contributed by atoms with van der Waals surface area (Å²) in [5, 5.41) is 7.70. The van der Waals surface area contributed by atoms with Gasteiger partial charge in [0.15, 0.2) is 0 Å². The molecule has 0 aromatic heterocycles. The van der Waals surface area contributed by atoms with E-state index in [1.54, 1.807) is 7.11 Å². The van der Waals surface area contributed by atoms with E-state index in [1.807, 2.05) is 61.5 Å². The summed E-state index contributed by atoms with van der Waals surface area (Å²) in [6, 6.07) is 21.5. The van der Waals surface area contributed by atoms with Crippen LogP contribution in [0.3, 0.4) is 0 Å². The average molecular weight is 405 g/mol. The lowest BCUT2D eigenvalue weighted by Gasteiger charge is -2.26. The summed E-state index contributed by atoms with van der Waals surface area (Å²) in [5.74, 6) is -0.553. The van der Waals surface area contributed by atoms with Crippen LogP contribution in [0, 0.1) is 0 Å². The molecule has 6 heteroatoms. The zero-order chi connectivity index (χ0) is 21.5. The number of fused-ring (bicyclic) bond motifs is 1. The van der Waals surface area contributed by atoms with Crippen LogP contribution in [-0.2, 0) is 16.1 Å². The maximum atomic E-state index is 12.3. The first-order valence-corrected chi connectivity index (χ1v) is 9.82. The fourth-order valence-corrected chi connectivity index (χ4v) is 3.39. The van der Waals surface area contributed by atoms with Crippen molar-refractivity contribution in [2.24, 2.45) is 0 Å². The number of hydrogen-bond acceptors (Lipinski definition) is 4. The van der Waals surface area contributed by atoms with Gasteiger partial charge in [-0.15, -0.1) is 0 Å². The zero-order valence-corrected chi connectivity index (χ0v) is 17.5. The van der Waals surface area contributed by atoms with E-state index in [0.29, 0.717) is 6.54 Å². The minimum Gasteiger partial charge on any atom is -0.497 e. The molecule has 2 N–H and O–H groups in total. The molecule has 1 atom stereocenters. The van der Waals surface area contributed by atoms with Gasteiger partial charge >= 0.3 is 11.8 Å². The highest BCUT2D eigenvalue weighted by Crippen LogP contribution is 2.26. The molecule has 0 fully saturated rings. The molecule has 3 rings (SSSR count). The molecule has 30 heavy (non-hydrogen) atoms. The summed E-state index contributed by atoms with van der Waals surface area (Å²) in [6.45, 7) is 0.604. The minimum atomic E-state index is -0.652. The summed E-state index contributed by atoms with van der Waals surface area (Å²) in [7, 11) is 5.52. The van der Waals surface area contributed by atoms with Crippen molar-refractivity contribution >= 4 is 22.6 Å². The summed E-state index contributed by atoms with van der Waals surface area (Å²) >= 11 is 0. The number of benzene rings is 3. The summed E-state index contributed by atoms with van der Waals surface area (Å²) in [5.41, 5.74) is 2.00. The van der Waals surface area contributed by atoms with E-state index in [2.05, 4.69) is 34.9 Å². The molecule has 0 spiro atoms. The largest absolute Gasteiger partial charge is 0.497 e. The Bertz CT molecular complexity index is 1010. The Hall–Kier alpha value is -3.38. The Kier molecular flexibility index (Phi) is 7.03. The zero-order valence-electron chi connectivity index (χ0n) is 17.5. The summed E-state index contributed by atoms with van der Waals surface area (Å²) < 4.78 is 5.11. The standard InChI is InChI=1S/C24H27N3O3/c1-27(2)22(21-10-6-8-18-7-4-5-9-20(18)21)16-26-24(29)23(28)25-15-17-11-13-19(30-3)14-12-17/h4-14,22H,15-16H2,1-3H3,(H,25,28)(H,26,29)/t22-/m1/s1. The Balaban J connectivity index is 1.61. The molecule has 3 aromatic carbocycles. The van der Waals surface area contributed by atoms with Gasteiger partial charge in [-0.25, -0.2) is 0 Å². The van der Waals surface area contributed by atoms with Gasteiger partial charge in [-0.3, -0.25) is 9.59 Å². The molecule has 0 radical (unpaired) electrons. The molecule has 2 amide bonds. The highest BCUT2D eigenvalue weighted by atomic mass is 16.5. The van der Waals surface area contributed by atoms with Crippen LogP contribution in [0.25, 0.3) is 10.8 Å². The Morgan fingerprint density at radius 2 is 1.57 bits per heavy atom. The second-order valence-electron chi connectivity index (χ2n) is 7.29. The van der Waals surface area contributed by atoms with E-state index >= 15 is 0 Å². The van der Waals surface area contributed by atoms with E-state index in [1.165, 1.54) is 0 Å². The van der Waals surface area contributed by atoms with E-state index in [9.17, 15) is 9.59 Å². The van der Waals surface area contributed by atoms with Gasteiger partial charge in [0.05, 0.1) is 13.2 Å². The van der Waals surface area contributed by atoms with Crippen LogP contribution < -0.4 is 15.4 Å². The first-order chi connectivity index (χ1) is 14.5. The van der Waals surface area contributed by atoms with Crippen LogP contribution in [0.15, 0.2) is 66.7 Å². The minimum absolute atomic E-state index is 0.0607. The number of hydrogen-bond donors (Lipinski definition) is 2. The first kappa shape index (κ1) is 21.3. The van der Waals surface area contributed by atoms with Crippen molar-refractivity contribution in [2.75, 3.05) is 27.7 Å². The van der Waals surface area contributed by atoms with Crippen molar-refractivity contribution in [3.8, 4) is 5.75 Å². The highest BCUT2D eigenvalue weighted by molar-refractivity contribution is 6.35. The predicted molar refractivity (Wildman–Crippen MR) is 118 cm³/mol. The lowest BCUT2D eigenvalue weighted by Crippen LogP contribution is -2.42. The van der Waals surface area contributed by atoms with Gasteiger partial charge in [-0.2, -0.15) is 0 Å². The van der Waals surface area contributed by atoms with Gasteiger partial charge in [0.25, 0.3) is 0 Å². The number of likely N-dealkylation sites (N-methyl/N-ethyl adjacent to an activating group) is 1. The number of nitrogens with one attached hydrogen (secondary N) is 2. The van der Waals surface area contributed by atoms with Crippen LogP contribution in [0.4, 0.5) is 0 Å². The van der Waals surface area contributed by atoms with E-state index in [4.69, 9.17) is 4.74 Å². The lowest BCUT2D eigenvalue weighted by atomic mass is 9.98. The van der Waals surface area contributed by atoms with Gasteiger partial charge in [-0.05, 0) is 48.1 Å². The fourth-order valence-electron chi connectivity index (χ4n) is 3.39. The van der Waals surface area contributed by atoms with Crippen LogP contribution in [0.1, 0.15) is 17.2 Å². The molecule has 0 saturated heterocycles. The molecule has 3 aromatic rings. The second-order valence-corrected chi connectivity index (χ2v) is 7.29. The van der Waals surface area contributed by atoms with Crippen molar-refractivity contribution in [1.82, 2.24) is 15.5 Å². The average Bonchev–Trinajstić information content (AvgIpc) is 2.77. The number of rotatable bonds is 7. The molecule has 0 bridgehead atoms.